The molecule has 2 rings (SSSR count). The smallest absolute Gasteiger partial charge is 0.394 e. The molecule has 1 unspecified atom stereocenters. The topological polar surface area (TPSA) is 56.5 Å². The number of ether oxygens (including phenoxy) is 2. The predicted molar refractivity (Wildman–Crippen MR) is 49.1 cm³/mol. The van der Waals surface area contributed by atoms with Crippen LogP contribution in [0, 0.1) is 0 Å². The molecule has 0 radical (unpaired) electrons. The van der Waals surface area contributed by atoms with E-state index in [1.165, 1.54) is 0 Å². The molecule has 14 heavy (non-hydrogen) atoms. The van der Waals surface area contributed by atoms with Gasteiger partial charge >= 0.3 is 6.08 Å². The average Bonchev–Trinajstić information content (AvgIpc) is 2.79. The SMILES string of the molecule is CNCc1coc(OC2CCOC2)n1. The molecule has 5 heteroatoms. The number of hydrogen-bond donors (Lipinski definition) is 1. The lowest BCUT2D eigenvalue weighted by atomic mass is 10.3. The van der Waals surface area contributed by atoms with Crippen molar-refractivity contribution in [1.82, 2.24) is 10.3 Å². The third-order valence-electron chi connectivity index (χ3n) is 2.04. The van der Waals surface area contributed by atoms with E-state index >= 15 is 0 Å². The normalized spacial score (nSPS) is 21.4. The van der Waals surface area contributed by atoms with Crippen LogP contribution < -0.4 is 10.1 Å². The van der Waals surface area contributed by atoms with E-state index < -0.39 is 0 Å². The van der Waals surface area contributed by atoms with Crippen LogP contribution in [0.25, 0.3) is 0 Å². The first kappa shape index (κ1) is 9.48. The van der Waals surface area contributed by atoms with E-state index in [-0.39, 0.29) is 6.10 Å². The van der Waals surface area contributed by atoms with Crippen LogP contribution in [0.3, 0.4) is 0 Å². The Hall–Kier alpha value is -1.07. The zero-order chi connectivity index (χ0) is 9.80. The second-order valence-electron chi connectivity index (χ2n) is 3.24. The van der Waals surface area contributed by atoms with Gasteiger partial charge in [0, 0.05) is 13.0 Å². The molecule has 1 N–H and O–H groups in total. The number of oxazole rings is 1. The summed E-state index contributed by atoms with van der Waals surface area (Å²) < 4.78 is 15.8. The van der Waals surface area contributed by atoms with Gasteiger partial charge in [-0.2, -0.15) is 4.98 Å². The minimum Gasteiger partial charge on any atom is -0.444 e. The van der Waals surface area contributed by atoms with Crippen molar-refractivity contribution < 1.29 is 13.9 Å². The van der Waals surface area contributed by atoms with E-state index in [0.29, 0.717) is 19.2 Å². The van der Waals surface area contributed by atoms with Gasteiger partial charge in [0.2, 0.25) is 0 Å². The van der Waals surface area contributed by atoms with Crippen LogP contribution in [-0.4, -0.2) is 31.3 Å². The zero-order valence-electron chi connectivity index (χ0n) is 8.16. The van der Waals surface area contributed by atoms with Crippen molar-refractivity contribution in [2.75, 3.05) is 20.3 Å². The Morgan fingerprint density at radius 2 is 2.64 bits per heavy atom. The van der Waals surface area contributed by atoms with Crippen molar-refractivity contribution in [1.29, 1.82) is 0 Å². The van der Waals surface area contributed by atoms with Crippen LogP contribution in [0.15, 0.2) is 10.7 Å². The fourth-order valence-electron chi connectivity index (χ4n) is 1.35. The molecule has 0 amide bonds. The molecular formula is C9H14N2O3. The lowest BCUT2D eigenvalue weighted by Crippen LogP contribution is -2.16. The third kappa shape index (κ3) is 2.24. The van der Waals surface area contributed by atoms with E-state index in [1.54, 1.807) is 6.26 Å². The van der Waals surface area contributed by atoms with E-state index in [9.17, 15) is 0 Å². The molecule has 1 aromatic heterocycles. The molecule has 0 spiro atoms. The summed E-state index contributed by atoms with van der Waals surface area (Å²) in [7, 11) is 1.86. The highest BCUT2D eigenvalue weighted by atomic mass is 16.6. The molecule has 2 heterocycles. The van der Waals surface area contributed by atoms with Gasteiger partial charge in [-0.25, -0.2) is 0 Å². The summed E-state index contributed by atoms with van der Waals surface area (Å²) in [5.41, 5.74) is 0.849. The fraction of sp³-hybridized carbons (Fsp3) is 0.667. The van der Waals surface area contributed by atoms with Crippen molar-refractivity contribution >= 4 is 0 Å². The third-order valence-corrected chi connectivity index (χ3v) is 2.04. The monoisotopic (exact) mass is 198 g/mol. The Kier molecular flexibility index (Phi) is 3.00. The molecule has 1 fully saturated rings. The number of rotatable bonds is 4. The Balaban J connectivity index is 1.88. The Morgan fingerprint density at radius 1 is 1.71 bits per heavy atom. The van der Waals surface area contributed by atoms with Gasteiger partial charge in [0.05, 0.1) is 18.9 Å². The van der Waals surface area contributed by atoms with Crippen molar-refractivity contribution in [3.8, 4) is 6.08 Å². The van der Waals surface area contributed by atoms with E-state index in [0.717, 1.165) is 18.7 Å². The standard InChI is InChI=1S/C9H14N2O3/c1-10-4-7-5-13-9(11-7)14-8-2-3-12-6-8/h5,8,10H,2-4,6H2,1H3. The number of hydrogen-bond acceptors (Lipinski definition) is 5. The first-order valence-corrected chi connectivity index (χ1v) is 4.72. The maximum Gasteiger partial charge on any atom is 0.394 e. The number of aromatic nitrogens is 1. The van der Waals surface area contributed by atoms with Crippen molar-refractivity contribution in [2.24, 2.45) is 0 Å². The lowest BCUT2D eigenvalue weighted by Gasteiger charge is -2.05. The Labute approximate surface area is 82.4 Å². The molecule has 78 valence electrons. The van der Waals surface area contributed by atoms with Crippen LogP contribution in [0.1, 0.15) is 12.1 Å². The Bertz CT molecular complexity index is 281. The van der Waals surface area contributed by atoms with Crippen LogP contribution in [0.4, 0.5) is 0 Å². The van der Waals surface area contributed by atoms with E-state index in [4.69, 9.17) is 13.9 Å². The summed E-state index contributed by atoms with van der Waals surface area (Å²) in [6.07, 6.45) is 2.94. The van der Waals surface area contributed by atoms with Gasteiger partial charge in [-0.1, -0.05) is 0 Å². The predicted octanol–water partition coefficient (Wildman–Crippen LogP) is 0.562. The van der Waals surface area contributed by atoms with Gasteiger partial charge in [-0.05, 0) is 7.05 Å². The minimum absolute atomic E-state index is 0.0936. The molecule has 0 aromatic carbocycles. The molecule has 1 aromatic rings. The quantitative estimate of drug-likeness (QED) is 0.766. The molecule has 1 aliphatic rings. The number of nitrogens with one attached hydrogen (secondary N) is 1. The van der Waals surface area contributed by atoms with Gasteiger partial charge in [0.25, 0.3) is 0 Å². The molecule has 1 saturated heterocycles. The fourth-order valence-corrected chi connectivity index (χ4v) is 1.35. The summed E-state index contributed by atoms with van der Waals surface area (Å²) in [5.74, 6) is 0. The van der Waals surface area contributed by atoms with Crippen molar-refractivity contribution in [3.05, 3.63) is 12.0 Å². The van der Waals surface area contributed by atoms with Gasteiger partial charge < -0.3 is 19.2 Å². The first-order chi connectivity index (χ1) is 6.88. The second kappa shape index (κ2) is 4.43. The molecule has 1 atom stereocenters. The maximum absolute atomic E-state index is 5.47. The molecule has 0 bridgehead atoms. The maximum atomic E-state index is 5.47. The van der Waals surface area contributed by atoms with Gasteiger partial charge in [-0.3, -0.25) is 0 Å². The molecule has 5 nitrogen and oxygen atoms in total. The first-order valence-electron chi connectivity index (χ1n) is 4.72. The highest BCUT2D eigenvalue weighted by Crippen LogP contribution is 2.15. The summed E-state index contributed by atoms with van der Waals surface area (Å²) >= 11 is 0. The summed E-state index contributed by atoms with van der Waals surface area (Å²) in [6.45, 7) is 2.08. The summed E-state index contributed by atoms with van der Waals surface area (Å²) in [4.78, 5) is 4.16. The van der Waals surface area contributed by atoms with Gasteiger partial charge in [-0.15, -0.1) is 0 Å². The average molecular weight is 198 g/mol. The highest BCUT2D eigenvalue weighted by molar-refractivity contribution is 4.99. The number of nitrogens with zero attached hydrogens (tertiary/aromatic N) is 1. The van der Waals surface area contributed by atoms with Gasteiger partial charge in [0.15, 0.2) is 0 Å². The minimum atomic E-state index is 0.0936. The van der Waals surface area contributed by atoms with Crippen LogP contribution in [-0.2, 0) is 11.3 Å². The molecule has 0 aliphatic carbocycles. The van der Waals surface area contributed by atoms with Crippen molar-refractivity contribution in [3.63, 3.8) is 0 Å². The van der Waals surface area contributed by atoms with E-state index in [2.05, 4.69) is 10.3 Å². The molecular weight excluding hydrogens is 184 g/mol. The Morgan fingerprint density at radius 3 is 3.36 bits per heavy atom. The second-order valence-corrected chi connectivity index (χ2v) is 3.24. The molecule has 0 saturated carbocycles. The lowest BCUT2D eigenvalue weighted by molar-refractivity contribution is 0.115. The van der Waals surface area contributed by atoms with Crippen LogP contribution in [0.2, 0.25) is 0 Å². The largest absolute Gasteiger partial charge is 0.444 e. The van der Waals surface area contributed by atoms with Crippen LogP contribution >= 0.6 is 0 Å². The summed E-state index contributed by atoms with van der Waals surface area (Å²) in [5, 5.41) is 2.99. The van der Waals surface area contributed by atoms with Gasteiger partial charge in [0.1, 0.15) is 12.4 Å². The van der Waals surface area contributed by atoms with Crippen LogP contribution in [0.5, 0.6) is 6.08 Å². The zero-order valence-corrected chi connectivity index (χ0v) is 8.16. The highest BCUT2D eigenvalue weighted by Gasteiger charge is 2.19. The molecule has 1 aliphatic heterocycles. The van der Waals surface area contributed by atoms with Crippen molar-refractivity contribution in [2.45, 2.75) is 19.1 Å². The van der Waals surface area contributed by atoms with E-state index in [1.807, 2.05) is 7.05 Å². The summed E-state index contributed by atoms with van der Waals surface area (Å²) in [6, 6.07) is 0.